The van der Waals surface area contributed by atoms with Crippen molar-refractivity contribution in [2.24, 2.45) is 11.7 Å². The van der Waals surface area contributed by atoms with Crippen LogP contribution in [0.25, 0.3) is 0 Å². The van der Waals surface area contributed by atoms with Crippen molar-refractivity contribution < 1.29 is 0 Å². The van der Waals surface area contributed by atoms with Crippen molar-refractivity contribution in [2.45, 2.75) is 12.8 Å². The second-order valence-corrected chi connectivity index (χ2v) is 4.37. The van der Waals surface area contributed by atoms with Gasteiger partial charge < -0.3 is 10.6 Å². The molecule has 0 spiro atoms. The topological polar surface area (TPSA) is 32.5 Å². The third kappa shape index (κ3) is 6.48. The van der Waals surface area contributed by atoms with E-state index in [0.29, 0.717) is 0 Å². The Labute approximate surface area is 117 Å². The van der Waals surface area contributed by atoms with Gasteiger partial charge in [-0.25, -0.2) is 0 Å². The second-order valence-electron chi connectivity index (χ2n) is 4.37. The van der Waals surface area contributed by atoms with Crippen molar-refractivity contribution in [3.05, 3.63) is 0 Å². The largest absolute Gasteiger partial charge is 0.329 e. The third-order valence-corrected chi connectivity index (χ3v) is 3.12. The van der Waals surface area contributed by atoms with Crippen LogP contribution in [0.1, 0.15) is 12.8 Å². The van der Waals surface area contributed by atoms with Crippen LogP contribution < -0.4 is 5.73 Å². The fraction of sp³-hybridized carbons (Fsp3) is 1.00. The molecule has 0 bridgehead atoms. The summed E-state index contributed by atoms with van der Waals surface area (Å²) in [5.74, 6) is 1.04. The molecule has 0 atom stereocenters. The predicted octanol–water partition coefficient (Wildman–Crippen LogP) is 1.24. The lowest BCUT2D eigenvalue weighted by atomic mass is 10.3. The van der Waals surface area contributed by atoms with E-state index < -0.39 is 0 Å². The molecule has 0 aromatic carbocycles. The Hall–Kier alpha value is 0.750. The van der Waals surface area contributed by atoms with E-state index >= 15 is 0 Å². The minimum Gasteiger partial charge on any atom is -0.329 e. The maximum atomic E-state index is 5.53. The van der Waals surface area contributed by atoms with E-state index in [1.807, 2.05) is 0 Å². The van der Waals surface area contributed by atoms with Crippen LogP contribution in [0.3, 0.4) is 0 Å². The first-order valence-electron chi connectivity index (χ1n) is 5.53. The maximum absolute atomic E-state index is 5.53. The van der Waals surface area contributed by atoms with Crippen LogP contribution in [-0.2, 0) is 0 Å². The minimum absolute atomic E-state index is 0. The average molecular weight is 293 g/mol. The molecule has 1 saturated heterocycles. The molecule has 2 rings (SSSR count). The van der Waals surface area contributed by atoms with Gasteiger partial charge in [-0.1, -0.05) is 0 Å². The van der Waals surface area contributed by atoms with Crippen molar-refractivity contribution >= 4 is 37.2 Å². The summed E-state index contributed by atoms with van der Waals surface area (Å²) in [4.78, 5) is 5.09. The molecule has 1 aliphatic carbocycles. The van der Waals surface area contributed by atoms with Crippen molar-refractivity contribution in [3.8, 4) is 0 Å². The summed E-state index contributed by atoms with van der Waals surface area (Å²) in [5.41, 5.74) is 5.53. The first-order valence-corrected chi connectivity index (χ1v) is 5.53. The predicted molar refractivity (Wildman–Crippen MR) is 76.4 cm³/mol. The van der Waals surface area contributed by atoms with Gasteiger partial charge in [0.15, 0.2) is 0 Å². The number of nitrogens with two attached hydrogens (primary N) is 1. The first-order chi connectivity index (χ1) is 6.38. The number of hydrogen-bond donors (Lipinski definition) is 1. The molecule has 100 valence electrons. The summed E-state index contributed by atoms with van der Waals surface area (Å²) in [6.45, 7) is 8.22. The highest BCUT2D eigenvalue weighted by atomic mass is 35.5. The molecule has 1 saturated carbocycles. The van der Waals surface area contributed by atoms with Gasteiger partial charge in [-0.2, -0.15) is 0 Å². The lowest BCUT2D eigenvalue weighted by molar-refractivity contribution is 0.131. The summed E-state index contributed by atoms with van der Waals surface area (Å²) in [5, 5.41) is 0. The van der Waals surface area contributed by atoms with Crippen LogP contribution in [0.15, 0.2) is 0 Å². The van der Waals surface area contributed by atoms with Crippen LogP contribution in [0.4, 0.5) is 0 Å². The normalized spacial score (nSPS) is 21.6. The monoisotopic (exact) mass is 291 g/mol. The highest BCUT2D eigenvalue weighted by Crippen LogP contribution is 2.29. The van der Waals surface area contributed by atoms with Crippen molar-refractivity contribution in [1.29, 1.82) is 0 Å². The molecule has 0 aromatic rings. The van der Waals surface area contributed by atoms with E-state index in [0.717, 1.165) is 19.0 Å². The van der Waals surface area contributed by atoms with Crippen LogP contribution in [0, 0.1) is 5.92 Å². The van der Waals surface area contributed by atoms with E-state index in [1.165, 1.54) is 45.6 Å². The van der Waals surface area contributed by atoms with Gasteiger partial charge in [0.2, 0.25) is 0 Å². The fourth-order valence-corrected chi connectivity index (χ4v) is 2.04. The molecule has 16 heavy (non-hydrogen) atoms. The summed E-state index contributed by atoms with van der Waals surface area (Å²) < 4.78 is 0. The van der Waals surface area contributed by atoms with Crippen LogP contribution in [-0.4, -0.2) is 55.6 Å². The third-order valence-electron chi connectivity index (χ3n) is 3.12. The van der Waals surface area contributed by atoms with E-state index in [2.05, 4.69) is 9.80 Å². The van der Waals surface area contributed by atoms with Crippen LogP contribution in [0.2, 0.25) is 0 Å². The Morgan fingerprint density at radius 1 is 0.875 bits per heavy atom. The molecule has 6 heteroatoms. The summed E-state index contributed by atoms with van der Waals surface area (Å²) in [6, 6.07) is 0. The Balaban J connectivity index is 0. The molecular weight excluding hydrogens is 268 g/mol. The molecule has 2 N–H and O–H groups in total. The van der Waals surface area contributed by atoms with Gasteiger partial charge in [-0.05, 0) is 18.8 Å². The van der Waals surface area contributed by atoms with Crippen molar-refractivity contribution in [3.63, 3.8) is 0 Å². The van der Waals surface area contributed by atoms with E-state index in [-0.39, 0.29) is 37.2 Å². The van der Waals surface area contributed by atoms with Gasteiger partial charge >= 0.3 is 0 Å². The zero-order chi connectivity index (χ0) is 9.10. The van der Waals surface area contributed by atoms with E-state index in [9.17, 15) is 0 Å². The van der Waals surface area contributed by atoms with Gasteiger partial charge in [0.05, 0.1) is 0 Å². The Kier molecular flexibility index (Phi) is 11.6. The minimum atomic E-state index is 0. The molecule has 1 aliphatic heterocycles. The second kappa shape index (κ2) is 9.75. The number of hydrogen-bond acceptors (Lipinski definition) is 3. The maximum Gasteiger partial charge on any atom is 0.0110 e. The number of halogens is 3. The highest BCUT2D eigenvalue weighted by Gasteiger charge is 2.25. The van der Waals surface area contributed by atoms with E-state index in [1.54, 1.807) is 0 Å². The van der Waals surface area contributed by atoms with Gasteiger partial charge in [0.25, 0.3) is 0 Å². The average Bonchev–Trinajstić information content (AvgIpc) is 2.93. The lowest BCUT2D eigenvalue weighted by Crippen LogP contribution is -2.48. The molecule has 2 aliphatic rings. The van der Waals surface area contributed by atoms with Crippen LogP contribution >= 0.6 is 37.2 Å². The number of nitrogens with zero attached hydrogens (tertiary/aromatic N) is 2. The molecule has 0 amide bonds. The molecule has 0 unspecified atom stereocenters. The SMILES string of the molecule is Cl.Cl.Cl.NCCN1CCN(CC2CC2)CC1. The molecule has 1 heterocycles. The summed E-state index contributed by atoms with van der Waals surface area (Å²) >= 11 is 0. The van der Waals surface area contributed by atoms with Crippen molar-refractivity contribution in [2.75, 3.05) is 45.8 Å². The zero-order valence-electron chi connectivity index (χ0n) is 9.64. The molecular formula is C10H24Cl3N3. The molecule has 3 nitrogen and oxygen atoms in total. The number of piperazine rings is 1. The highest BCUT2D eigenvalue weighted by molar-refractivity contribution is 5.86. The molecule has 0 radical (unpaired) electrons. The van der Waals surface area contributed by atoms with Crippen LogP contribution in [0.5, 0.6) is 0 Å². The fourth-order valence-electron chi connectivity index (χ4n) is 2.04. The Morgan fingerprint density at radius 3 is 1.81 bits per heavy atom. The first kappa shape index (κ1) is 19.1. The van der Waals surface area contributed by atoms with E-state index in [4.69, 9.17) is 5.73 Å². The quantitative estimate of drug-likeness (QED) is 0.846. The van der Waals surface area contributed by atoms with Gasteiger partial charge in [-0.3, -0.25) is 4.90 Å². The standard InChI is InChI=1S/C10H21N3.3ClH/c11-3-4-12-5-7-13(8-6-12)9-10-1-2-10;;;/h10H,1-9,11H2;3*1H. The smallest absolute Gasteiger partial charge is 0.0110 e. The lowest BCUT2D eigenvalue weighted by Gasteiger charge is -2.34. The summed E-state index contributed by atoms with van der Waals surface area (Å²) in [7, 11) is 0. The van der Waals surface area contributed by atoms with Gasteiger partial charge in [0.1, 0.15) is 0 Å². The van der Waals surface area contributed by atoms with Gasteiger partial charge in [0, 0.05) is 45.8 Å². The van der Waals surface area contributed by atoms with Crippen molar-refractivity contribution in [1.82, 2.24) is 9.80 Å². The zero-order valence-corrected chi connectivity index (χ0v) is 12.1. The molecule has 0 aromatic heterocycles. The Bertz CT molecular complexity index is 159. The molecule has 2 fully saturated rings. The summed E-state index contributed by atoms with van der Waals surface area (Å²) in [6.07, 6.45) is 2.95. The van der Waals surface area contributed by atoms with Gasteiger partial charge in [-0.15, -0.1) is 37.2 Å². The Morgan fingerprint density at radius 2 is 1.38 bits per heavy atom. The number of rotatable bonds is 4.